The van der Waals surface area contributed by atoms with Gasteiger partial charge in [0, 0.05) is 5.88 Å². The Hall–Kier alpha value is -1.28. The van der Waals surface area contributed by atoms with E-state index in [2.05, 4.69) is 0 Å². The van der Waals surface area contributed by atoms with Gasteiger partial charge in [-0.25, -0.2) is 0 Å². The summed E-state index contributed by atoms with van der Waals surface area (Å²) in [4.78, 5) is 10.6. The Labute approximate surface area is 88.1 Å². The van der Waals surface area contributed by atoms with Gasteiger partial charge in [-0.1, -0.05) is 24.3 Å². The van der Waals surface area contributed by atoms with Crippen LogP contribution in [0.3, 0.4) is 0 Å². The molecule has 0 saturated heterocycles. The monoisotopic (exact) mass is 210 g/mol. The number of alkyl halides is 1. The SMILES string of the molecule is O=Cc1ccccc1OCC=CCCl. The Morgan fingerprint density at radius 1 is 1.29 bits per heavy atom. The summed E-state index contributed by atoms with van der Waals surface area (Å²) in [6.45, 7) is 0.428. The lowest BCUT2D eigenvalue weighted by atomic mass is 10.2. The Kier molecular flexibility index (Phi) is 4.79. The zero-order valence-corrected chi connectivity index (χ0v) is 8.41. The van der Waals surface area contributed by atoms with Gasteiger partial charge in [-0.2, -0.15) is 0 Å². The number of hydrogen-bond donors (Lipinski definition) is 0. The fourth-order valence-corrected chi connectivity index (χ4v) is 1.10. The number of aldehydes is 1. The van der Waals surface area contributed by atoms with Crippen LogP contribution in [0, 0.1) is 0 Å². The fourth-order valence-electron chi connectivity index (χ4n) is 0.978. The molecule has 0 aliphatic heterocycles. The first kappa shape index (κ1) is 10.8. The molecule has 3 heteroatoms. The highest BCUT2D eigenvalue weighted by molar-refractivity contribution is 6.18. The normalized spacial score (nSPS) is 10.4. The third-order valence-corrected chi connectivity index (χ3v) is 1.81. The molecule has 0 heterocycles. The predicted octanol–water partition coefficient (Wildman–Crippen LogP) is 2.67. The van der Waals surface area contributed by atoms with Crippen molar-refractivity contribution in [3.05, 3.63) is 42.0 Å². The van der Waals surface area contributed by atoms with E-state index in [0.717, 1.165) is 6.29 Å². The van der Waals surface area contributed by atoms with E-state index in [-0.39, 0.29) is 0 Å². The molecule has 1 rings (SSSR count). The van der Waals surface area contributed by atoms with E-state index in [0.29, 0.717) is 23.8 Å². The number of hydrogen-bond acceptors (Lipinski definition) is 2. The fraction of sp³-hybridized carbons (Fsp3) is 0.182. The summed E-state index contributed by atoms with van der Waals surface area (Å²) in [5.41, 5.74) is 0.562. The molecule has 14 heavy (non-hydrogen) atoms. The third-order valence-electron chi connectivity index (χ3n) is 1.64. The smallest absolute Gasteiger partial charge is 0.153 e. The summed E-state index contributed by atoms with van der Waals surface area (Å²) in [6.07, 6.45) is 4.39. The second kappa shape index (κ2) is 6.22. The van der Waals surface area contributed by atoms with Gasteiger partial charge in [0.1, 0.15) is 12.4 Å². The first-order valence-corrected chi connectivity index (χ1v) is 4.80. The highest BCUT2D eigenvalue weighted by Crippen LogP contribution is 2.15. The Bertz CT molecular complexity index is 321. The summed E-state index contributed by atoms with van der Waals surface area (Å²) < 4.78 is 5.35. The van der Waals surface area contributed by atoms with Crippen LogP contribution in [0.2, 0.25) is 0 Å². The van der Waals surface area contributed by atoms with Crippen molar-refractivity contribution in [3.8, 4) is 5.75 Å². The largest absolute Gasteiger partial charge is 0.489 e. The standard InChI is InChI=1S/C11H11ClO2/c12-7-3-4-8-14-11-6-2-1-5-10(11)9-13/h1-6,9H,7-8H2. The van der Waals surface area contributed by atoms with E-state index in [1.54, 1.807) is 24.3 Å². The lowest BCUT2D eigenvalue weighted by Crippen LogP contribution is -1.96. The van der Waals surface area contributed by atoms with Crippen molar-refractivity contribution in [1.29, 1.82) is 0 Å². The molecule has 0 bridgehead atoms. The first-order valence-electron chi connectivity index (χ1n) is 4.26. The van der Waals surface area contributed by atoms with Crippen LogP contribution in [-0.4, -0.2) is 18.8 Å². The van der Waals surface area contributed by atoms with E-state index >= 15 is 0 Å². The number of allylic oxidation sites excluding steroid dienone is 1. The van der Waals surface area contributed by atoms with Crippen molar-refractivity contribution in [2.75, 3.05) is 12.5 Å². The molecule has 0 saturated carbocycles. The average Bonchev–Trinajstić information content (AvgIpc) is 2.25. The van der Waals surface area contributed by atoms with Crippen molar-refractivity contribution in [2.45, 2.75) is 0 Å². The van der Waals surface area contributed by atoms with Crippen LogP contribution in [0.15, 0.2) is 36.4 Å². The minimum atomic E-state index is 0.428. The summed E-state index contributed by atoms with van der Waals surface area (Å²) in [6, 6.07) is 7.10. The van der Waals surface area contributed by atoms with Gasteiger partial charge in [0.25, 0.3) is 0 Å². The van der Waals surface area contributed by atoms with Gasteiger partial charge < -0.3 is 4.74 Å². The van der Waals surface area contributed by atoms with Gasteiger partial charge >= 0.3 is 0 Å². The number of ether oxygens (including phenoxy) is 1. The molecule has 1 aromatic rings. The maximum Gasteiger partial charge on any atom is 0.153 e. The molecule has 0 unspecified atom stereocenters. The number of carbonyl (C=O) groups is 1. The van der Waals surface area contributed by atoms with Crippen molar-refractivity contribution in [3.63, 3.8) is 0 Å². The van der Waals surface area contributed by atoms with Gasteiger partial charge in [0.05, 0.1) is 5.56 Å². The van der Waals surface area contributed by atoms with Gasteiger partial charge in [0.15, 0.2) is 6.29 Å². The molecule has 0 N–H and O–H groups in total. The molecule has 0 spiro atoms. The molecule has 0 radical (unpaired) electrons. The number of rotatable bonds is 5. The Morgan fingerprint density at radius 2 is 2.07 bits per heavy atom. The van der Waals surface area contributed by atoms with Crippen LogP contribution in [0.5, 0.6) is 5.75 Å². The summed E-state index contributed by atoms with van der Waals surface area (Å²) in [5, 5.41) is 0. The van der Waals surface area contributed by atoms with Gasteiger partial charge in [0.2, 0.25) is 0 Å². The summed E-state index contributed by atoms with van der Waals surface area (Å²) >= 11 is 5.44. The highest BCUT2D eigenvalue weighted by Gasteiger charge is 1.98. The Balaban J connectivity index is 2.57. The minimum absolute atomic E-state index is 0.428. The van der Waals surface area contributed by atoms with Crippen molar-refractivity contribution in [1.82, 2.24) is 0 Å². The lowest BCUT2D eigenvalue weighted by Gasteiger charge is -2.04. The zero-order chi connectivity index (χ0) is 10.2. The molecule has 1 aromatic carbocycles. The molecular formula is C11H11ClO2. The summed E-state index contributed by atoms with van der Waals surface area (Å²) in [5.74, 6) is 1.07. The molecule has 0 aliphatic rings. The maximum atomic E-state index is 10.6. The van der Waals surface area contributed by atoms with Gasteiger partial charge in [-0.3, -0.25) is 4.79 Å². The molecule has 2 nitrogen and oxygen atoms in total. The number of benzene rings is 1. The van der Waals surface area contributed by atoms with Crippen molar-refractivity contribution in [2.24, 2.45) is 0 Å². The van der Waals surface area contributed by atoms with E-state index in [4.69, 9.17) is 16.3 Å². The van der Waals surface area contributed by atoms with Crippen molar-refractivity contribution < 1.29 is 9.53 Å². The van der Waals surface area contributed by atoms with E-state index in [1.165, 1.54) is 0 Å². The second-order valence-corrected chi connectivity index (χ2v) is 2.90. The topological polar surface area (TPSA) is 26.3 Å². The molecule has 0 amide bonds. The second-order valence-electron chi connectivity index (χ2n) is 2.59. The van der Waals surface area contributed by atoms with Crippen molar-refractivity contribution >= 4 is 17.9 Å². The third kappa shape index (κ3) is 3.23. The van der Waals surface area contributed by atoms with Crippen LogP contribution in [0.1, 0.15) is 10.4 Å². The lowest BCUT2D eigenvalue weighted by molar-refractivity contribution is 0.112. The van der Waals surface area contributed by atoms with E-state index in [9.17, 15) is 4.79 Å². The number of halogens is 1. The first-order chi connectivity index (χ1) is 6.88. The van der Waals surface area contributed by atoms with E-state index < -0.39 is 0 Å². The molecule has 0 fully saturated rings. The predicted molar refractivity (Wildman–Crippen MR) is 57.2 cm³/mol. The highest BCUT2D eigenvalue weighted by atomic mass is 35.5. The summed E-state index contributed by atoms with van der Waals surface area (Å²) in [7, 11) is 0. The van der Waals surface area contributed by atoms with Crippen LogP contribution >= 0.6 is 11.6 Å². The molecule has 0 atom stereocenters. The minimum Gasteiger partial charge on any atom is -0.489 e. The molecular weight excluding hydrogens is 200 g/mol. The van der Waals surface area contributed by atoms with Crippen LogP contribution < -0.4 is 4.74 Å². The van der Waals surface area contributed by atoms with Gasteiger partial charge in [-0.15, -0.1) is 11.6 Å². The van der Waals surface area contributed by atoms with Crippen LogP contribution in [0.4, 0.5) is 0 Å². The van der Waals surface area contributed by atoms with Crippen LogP contribution in [-0.2, 0) is 0 Å². The molecule has 0 aliphatic carbocycles. The molecule has 0 aromatic heterocycles. The van der Waals surface area contributed by atoms with E-state index in [1.807, 2.05) is 12.1 Å². The number of para-hydroxylation sites is 1. The maximum absolute atomic E-state index is 10.6. The van der Waals surface area contributed by atoms with Gasteiger partial charge in [-0.05, 0) is 12.1 Å². The average molecular weight is 211 g/mol. The quantitative estimate of drug-likeness (QED) is 0.424. The zero-order valence-electron chi connectivity index (χ0n) is 7.65. The van der Waals surface area contributed by atoms with Crippen LogP contribution in [0.25, 0.3) is 0 Å². The number of carbonyl (C=O) groups excluding carboxylic acids is 1. The molecule has 74 valence electrons. The Morgan fingerprint density at radius 3 is 2.79 bits per heavy atom.